The number of rotatable bonds is 8. The van der Waals surface area contributed by atoms with E-state index in [-0.39, 0.29) is 20.4 Å². The summed E-state index contributed by atoms with van der Waals surface area (Å²) in [5.41, 5.74) is 27.3. The Bertz CT molecular complexity index is 6060. The molecule has 0 saturated heterocycles. The molecule has 2 aliphatic heterocycles. The van der Waals surface area contributed by atoms with Crippen LogP contribution in [0.25, 0.3) is 221 Å². The van der Waals surface area contributed by atoms with Gasteiger partial charge in [-0.15, -0.1) is 22.1 Å². The summed E-state index contributed by atoms with van der Waals surface area (Å²) in [6.07, 6.45) is 0. The first-order chi connectivity index (χ1) is 51.5. The molecule has 5 heteroatoms. The third-order valence-corrected chi connectivity index (χ3v) is 21.5. The number of nitrogens with zero attached hydrogens (tertiary/aromatic N) is 4. The van der Waals surface area contributed by atoms with E-state index < -0.39 is 0 Å². The molecule has 0 atom stereocenters. The van der Waals surface area contributed by atoms with Crippen LogP contribution < -0.4 is 9.97 Å². The monoisotopic (exact) mass is 1420 g/mol. The van der Waals surface area contributed by atoms with Crippen LogP contribution in [0.3, 0.4) is 0 Å². The third-order valence-electron chi connectivity index (χ3n) is 21.5. The first kappa shape index (κ1) is 61.7. The topological polar surface area (TPSA) is 54.0 Å². The number of aromatic nitrogens is 4. The Hall–Kier alpha value is -13.1. The van der Waals surface area contributed by atoms with Crippen molar-refractivity contribution >= 4 is 86.7 Å². The van der Waals surface area contributed by atoms with E-state index in [0.29, 0.717) is 0 Å². The minimum atomic E-state index is 0. The number of hydrogen-bond donors (Lipinski definition) is 0. The molecule has 0 fully saturated rings. The van der Waals surface area contributed by atoms with Gasteiger partial charge in [0.15, 0.2) is 0 Å². The molecule has 4 heterocycles. The molecule has 2 aromatic heterocycles. The van der Waals surface area contributed by atoms with Gasteiger partial charge in [0.05, 0.1) is 22.8 Å². The average molecular weight is 1420 g/mol. The first-order valence-corrected chi connectivity index (χ1v) is 35.6. The van der Waals surface area contributed by atoms with Crippen LogP contribution in [0.15, 0.2) is 364 Å². The van der Waals surface area contributed by atoms with Crippen molar-refractivity contribution in [3.8, 4) is 134 Å². The predicted octanol–water partition coefficient (Wildman–Crippen LogP) is 26.5. The maximum absolute atomic E-state index is 6.36. The molecule has 0 unspecified atom stereocenters. The van der Waals surface area contributed by atoms with Gasteiger partial charge in [-0.05, 0) is 202 Å². The van der Waals surface area contributed by atoms with Gasteiger partial charge in [0, 0.05) is 22.3 Å². The van der Waals surface area contributed by atoms with Crippen molar-refractivity contribution in [2.24, 2.45) is 0 Å². The fourth-order valence-corrected chi connectivity index (χ4v) is 16.4. The van der Waals surface area contributed by atoms with E-state index in [4.69, 9.17) is 19.9 Å². The molecule has 1 aliphatic carbocycles. The first-order valence-electron chi connectivity index (χ1n) is 35.6. The Balaban J connectivity index is 0.00000732. The Labute approximate surface area is 620 Å². The van der Waals surface area contributed by atoms with Crippen LogP contribution >= 0.6 is 0 Å². The van der Waals surface area contributed by atoms with Crippen LogP contribution in [0.2, 0.25) is 0 Å². The summed E-state index contributed by atoms with van der Waals surface area (Å²) in [6, 6.07) is 133. The molecule has 18 aromatic rings. The van der Waals surface area contributed by atoms with Gasteiger partial charge in [0.1, 0.15) is 0 Å². The standard InChI is InChI=1S/C100H60N4.Pd/c1-5-21-61(22-6-1)65-37-45-69(46-38-65)89-93-81-53-73-29-13-15-31-75(73)55-83(81)95(101-93)90(70-47-39-66(40-48-70)62-23-7-2-8-24-62)97-85-57-77-33-17-19-35-79(77)59-87(85)99(103-97)92(72-51-43-68(44-52-72)64-27-11-4-12-28-64)100-88-60-80-36-20-18-34-78(80)58-86(88)98(104-100)91(71-49-41-67(42-50-71)63-25-9-3-10-26-63)96-84-56-76-32-16-14-30-74(76)54-82(84)94(89)102-96;/h1-60H;/q-2;+2. The van der Waals surface area contributed by atoms with E-state index in [1.807, 2.05) is 0 Å². The minimum absolute atomic E-state index is 0. The van der Waals surface area contributed by atoms with Gasteiger partial charge in [0.25, 0.3) is 0 Å². The van der Waals surface area contributed by atoms with Crippen LogP contribution in [-0.2, 0) is 20.4 Å². The molecule has 8 bridgehead atoms. The summed E-state index contributed by atoms with van der Waals surface area (Å²) in [5.74, 6) is 0. The second-order valence-electron chi connectivity index (χ2n) is 27.5. The summed E-state index contributed by atoms with van der Waals surface area (Å²) in [5, 5.41) is 12.9. The number of benzene rings is 16. The molecular formula is C100H60N4Pd. The van der Waals surface area contributed by atoms with Crippen LogP contribution in [0, 0.1) is 0 Å². The van der Waals surface area contributed by atoms with Gasteiger partial charge in [-0.1, -0.05) is 315 Å². The zero-order valence-corrected chi connectivity index (χ0v) is 58.3. The normalized spacial score (nSPS) is 11.7. The van der Waals surface area contributed by atoms with E-state index in [0.717, 1.165) is 221 Å². The Morgan fingerprint density at radius 2 is 0.324 bits per heavy atom. The molecule has 0 amide bonds. The SMILES string of the molecule is [Pd+2].c1ccc(-c2ccc(-c3c4nc(c(-c5ccc(-c6ccccc6)cc5)c5[n-]c(c(-c6ccc(-c7ccccc7)cc6)c6nc(c(-c7ccc(-c8ccccc8)cc7)c7[n-]c3c3cc8ccccc8cc73)-c3cc7ccccc7cc3-6)c3cc6ccccc6cc53)-c3cc5ccccc5cc3-4)cc2)cc1. The largest absolute Gasteiger partial charge is 2.00 e. The van der Waals surface area contributed by atoms with Gasteiger partial charge in [-0.3, -0.25) is 0 Å². The number of fused-ring (bicyclic) bond motifs is 4. The van der Waals surface area contributed by atoms with Crippen molar-refractivity contribution < 1.29 is 20.4 Å². The molecular weight excluding hydrogens is 1360 g/mol. The van der Waals surface area contributed by atoms with Crippen LogP contribution in [0.5, 0.6) is 0 Å². The minimum Gasteiger partial charge on any atom is -0.656 e. The predicted molar refractivity (Wildman–Crippen MR) is 436 cm³/mol. The molecule has 3 aliphatic rings. The summed E-state index contributed by atoms with van der Waals surface area (Å²) >= 11 is 0. The Morgan fingerprint density at radius 1 is 0.162 bits per heavy atom. The fourth-order valence-electron chi connectivity index (χ4n) is 16.4. The van der Waals surface area contributed by atoms with Crippen LogP contribution in [0.1, 0.15) is 0 Å². The molecule has 490 valence electrons. The maximum atomic E-state index is 6.36. The van der Waals surface area contributed by atoms with E-state index in [1.54, 1.807) is 0 Å². The van der Waals surface area contributed by atoms with E-state index in [9.17, 15) is 0 Å². The van der Waals surface area contributed by atoms with Gasteiger partial charge >= 0.3 is 20.4 Å². The zero-order valence-electron chi connectivity index (χ0n) is 56.7. The third kappa shape index (κ3) is 10.4. The van der Waals surface area contributed by atoms with E-state index in [1.165, 1.54) is 0 Å². The maximum Gasteiger partial charge on any atom is 2.00 e. The second kappa shape index (κ2) is 25.1. The number of hydrogen-bond acceptors (Lipinski definition) is 2. The van der Waals surface area contributed by atoms with E-state index in [2.05, 4.69) is 364 Å². The summed E-state index contributed by atoms with van der Waals surface area (Å²) in [6.45, 7) is 0. The van der Waals surface area contributed by atoms with Crippen molar-refractivity contribution in [1.29, 1.82) is 0 Å². The van der Waals surface area contributed by atoms with Gasteiger partial charge in [-0.25, -0.2) is 9.97 Å². The van der Waals surface area contributed by atoms with Crippen molar-refractivity contribution in [3.05, 3.63) is 364 Å². The Kier molecular flexibility index (Phi) is 14.8. The van der Waals surface area contributed by atoms with Crippen LogP contribution in [0.4, 0.5) is 0 Å². The molecule has 21 rings (SSSR count). The molecule has 0 radical (unpaired) electrons. The molecule has 16 aromatic carbocycles. The molecule has 105 heavy (non-hydrogen) atoms. The van der Waals surface area contributed by atoms with Gasteiger partial charge in [0.2, 0.25) is 0 Å². The fraction of sp³-hybridized carbons (Fsp3) is 0. The smallest absolute Gasteiger partial charge is 0.656 e. The van der Waals surface area contributed by atoms with Crippen LogP contribution in [-0.4, -0.2) is 9.97 Å². The quantitative estimate of drug-likeness (QED) is 0.142. The van der Waals surface area contributed by atoms with Crippen molar-refractivity contribution in [2.75, 3.05) is 0 Å². The Morgan fingerprint density at radius 3 is 0.524 bits per heavy atom. The zero-order chi connectivity index (χ0) is 68.3. The molecule has 4 nitrogen and oxygen atoms in total. The summed E-state index contributed by atoms with van der Waals surface area (Å²) < 4.78 is 0. The van der Waals surface area contributed by atoms with Crippen molar-refractivity contribution in [2.45, 2.75) is 0 Å². The second-order valence-corrected chi connectivity index (χ2v) is 27.5. The molecule has 0 N–H and O–H groups in total. The van der Waals surface area contributed by atoms with E-state index >= 15 is 0 Å². The van der Waals surface area contributed by atoms with Crippen molar-refractivity contribution in [3.63, 3.8) is 0 Å². The summed E-state index contributed by atoms with van der Waals surface area (Å²) in [4.78, 5) is 25.5. The summed E-state index contributed by atoms with van der Waals surface area (Å²) in [7, 11) is 0. The molecule has 0 saturated carbocycles. The van der Waals surface area contributed by atoms with Gasteiger partial charge in [-0.2, -0.15) is 0 Å². The van der Waals surface area contributed by atoms with Gasteiger partial charge < -0.3 is 9.97 Å². The average Bonchev–Trinajstić information content (AvgIpc) is 1.55. The van der Waals surface area contributed by atoms with Crippen molar-refractivity contribution in [1.82, 2.24) is 19.9 Å². The molecule has 0 spiro atoms.